The molecule has 3 heterocycles. The number of nitrogens with one attached hydrogen (secondary N) is 2. The van der Waals surface area contributed by atoms with E-state index in [2.05, 4.69) is 15.6 Å². The molecule has 3 N–H and O–H groups in total. The first-order valence-corrected chi connectivity index (χ1v) is 11.8. The number of piperidine rings is 1. The molecule has 2 aromatic rings. The van der Waals surface area contributed by atoms with Crippen molar-refractivity contribution in [3.05, 3.63) is 59.2 Å². The fourth-order valence-electron chi connectivity index (χ4n) is 4.37. The van der Waals surface area contributed by atoms with Crippen molar-refractivity contribution in [3.63, 3.8) is 0 Å². The summed E-state index contributed by atoms with van der Waals surface area (Å²) in [4.78, 5) is 32.2. The largest absolute Gasteiger partial charge is 0.387 e. The number of hydrogen-bond acceptors (Lipinski definition) is 4. The maximum absolute atomic E-state index is 13.9. The van der Waals surface area contributed by atoms with E-state index in [1.54, 1.807) is 9.80 Å². The molecule has 0 bridgehead atoms. The van der Waals surface area contributed by atoms with Gasteiger partial charge in [-0.3, -0.25) is 4.98 Å². The Morgan fingerprint density at radius 3 is 2.49 bits per heavy atom. The molecule has 1 aromatic heterocycles. The van der Waals surface area contributed by atoms with Crippen LogP contribution in [0.3, 0.4) is 0 Å². The Bertz CT molecular complexity index is 1070. The van der Waals surface area contributed by atoms with Gasteiger partial charge in [-0.05, 0) is 61.9 Å². The quantitative estimate of drug-likeness (QED) is 0.598. The first kappa shape index (κ1) is 24.8. The van der Waals surface area contributed by atoms with Crippen LogP contribution in [-0.2, 0) is 13.1 Å². The molecule has 0 saturated carbocycles. The Morgan fingerprint density at radius 2 is 1.83 bits per heavy atom. The molecule has 2 aliphatic rings. The number of hydrogen-bond donors (Lipinski definition) is 3. The Hall–Kier alpha value is -3.27. The van der Waals surface area contributed by atoms with Crippen LogP contribution in [0.5, 0.6) is 0 Å². The summed E-state index contributed by atoms with van der Waals surface area (Å²) in [6.45, 7) is 4.29. The van der Waals surface area contributed by atoms with Gasteiger partial charge in [-0.2, -0.15) is 0 Å². The topological polar surface area (TPSA) is 97.8 Å². The lowest BCUT2D eigenvalue weighted by molar-refractivity contribution is -0.00157. The Kier molecular flexibility index (Phi) is 7.20. The molecule has 2 aliphatic heterocycles. The highest BCUT2D eigenvalue weighted by molar-refractivity contribution is 5.89. The standard InChI is InChI=1S/C25H31F2N5O3/c1-25(2,35)22(27)13-29-23(33)31-9-7-17(8-10-31)16-3-5-20(6-4-16)30-24(34)32-14-18-11-19(26)12-28-21(18)15-32/h3-6,11-12,17,22,35H,7-10,13-15H2,1-2H3,(H,29,33)(H,30,34)/t22-/m0/s1. The number of nitrogens with zero attached hydrogens (tertiary/aromatic N) is 3. The van der Waals surface area contributed by atoms with E-state index in [9.17, 15) is 23.5 Å². The normalized spacial score (nSPS) is 17.2. The van der Waals surface area contributed by atoms with Crippen LogP contribution >= 0.6 is 0 Å². The summed E-state index contributed by atoms with van der Waals surface area (Å²) in [6, 6.07) is 8.47. The second-order valence-corrected chi connectivity index (χ2v) is 9.74. The van der Waals surface area contributed by atoms with Gasteiger partial charge in [0, 0.05) is 25.3 Å². The molecule has 4 rings (SSSR count). The third kappa shape index (κ3) is 6.05. The lowest BCUT2D eigenvalue weighted by Crippen LogP contribution is -2.48. The highest BCUT2D eigenvalue weighted by Crippen LogP contribution is 2.29. The molecule has 0 radical (unpaired) electrons. The number of aromatic nitrogens is 1. The van der Waals surface area contributed by atoms with E-state index in [1.165, 1.54) is 19.9 Å². The molecule has 1 fully saturated rings. The summed E-state index contributed by atoms with van der Waals surface area (Å²) < 4.78 is 27.2. The molecule has 1 atom stereocenters. The summed E-state index contributed by atoms with van der Waals surface area (Å²) in [5, 5.41) is 15.1. The van der Waals surface area contributed by atoms with Gasteiger partial charge in [0.1, 0.15) is 12.0 Å². The van der Waals surface area contributed by atoms with Crippen LogP contribution in [0, 0.1) is 5.82 Å². The first-order chi connectivity index (χ1) is 16.6. The van der Waals surface area contributed by atoms with Crippen LogP contribution in [0.15, 0.2) is 36.5 Å². The van der Waals surface area contributed by atoms with Crippen LogP contribution in [0.25, 0.3) is 0 Å². The maximum atomic E-state index is 13.9. The zero-order chi connectivity index (χ0) is 25.2. The lowest BCUT2D eigenvalue weighted by Gasteiger charge is -2.33. The third-order valence-corrected chi connectivity index (χ3v) is 6.63. The van der Waals surface area contributed by atoms with Crippen LogP contribution in [0.1, 0.15) is 49.4 Å². The Morgan fingerprint density at radius 1 is 1.14 bits per heavy atom. The summed E-state index contributed by atoms with van der Waals surface area (Å²) in [6.07, 6.45) is 1.18. The number of aliphatic hydroxyl groups is 1. The molecule has 1 aromatic carbocycles. The monoisotopic (exact) mass is 487 g/mol. The van der Waals surface area contributed by atoms with Crippen molar-refractivity contribution in [1.82, 2.24) is 20.1 Å². The molecular formula is C25H31F2N5O3. The van der Waals surface area contributed by atoms with Gasteiger partial charge in [0.25, 0.3) is 0 Å². The average Bonchev–Trinajstić information content (AvgIpc) is 3.26. The number of halogens is 2. The van der Waals surface area contributed by atoms with Gasteiger partial charge in [-0.15, -0.1) is 0 Å². The number of benzene rings is 1. The Labute approximate surface area is 203 Å². The minimum Gasteiger partial charge on any atom is -0.387 e. The third-order valence-electron chi connectivity index (χ3n) is 6.63. The van der Waals surface area contributed by atoms with Gasteiger partial charge in [-0.1, -0.05) is 12.1 Å². The van der Waals surface area contributed by atoms with E-state index in [1.807, 2.05) is 24.3 Å². The number of carbonyl (C=O) groups is 2. The van der Waals surface area contributed by atoms with Gasteiger partial charge in [0.2, 0.25) is 0 Å². The van der Waals surface area contributed by atoms with Crippen molar-refractivity contribution in [3.8, 4) is 0 Å². The zero-order valence-electron chi connectivity index (χ0n) is 19.9. The minimum absolute atomic E-state index is 0.230. The van der Waals surface area contributed by atoms with E-state index >= 15 is 0 Å². The fourth-order valence-corrected chi connectivity index (χ4v) is 4.37. The second-order valence-electron chi connectivity index (χ2n) is 9.74. The average molecular weight is 488 g/mol. The number of rotatable bonds is 5. The van der Waals surface area contributed by atoms with Crippen LogP contribution in [0.4, 0.5) is 24.1 Å². The number of amides is 4. The number of pyridine rings is 1. The summed E-state index contributed by atoms with van der Waals surface area (Å²) in [5.74, 6) is -0.129. The molecular weight excluding hydrogens is 456 g/mol. The van der Waals surface area contributed by atoms with Crippen molar-refractivity contribution in [2.75, 3.05) is 25.0 Å². The van der Waals surface area contributed by atoms with Crippen molar-refractivity contribution >= 4 is 17.7 Å². The molecule has 0 aliphatic carbocycles. The molecule has 35 heavy (non-hydrogen) atoms. The number of urea groups is 2. The zero-order valence-corrected chi connectivity index (χ0v) is 19.9. The van der Waals surface area contributed by atoms with E-state index in [-0.39, 0.29) is 24.5 Å². The fraction of sp³-hybridized carbons (Fsp3) is 0.480. The van der Waals surface area contributed by atoms with Crippen molar-refractivity contribution in [2.24, 2.45) is 0 Å². The number of anilines is 1. The molecule has 4 amide bonds. The molecule has 8 nitrogen and oxygen atoms in total. The predicted octanol–water partition coefficient (Wildman–Crippen LogP) is 3.77. The molecule has 10 heteroatoms. The van der Waals surface area contributed by atoms with E-state index in [4.69, 9.17) is 0 Å². The Balaban J connectivity index is 1.24. The highest BCUT2D eigenvalue weighted by Gasteiger charge is 2.29. The minimum atomic E-state index is -1.54. The molecule has 1 saturated heterocycles. The predicted molar refractivity (Wildman–Crippen MR) is 127 cm³/mol. The van der Waals surface area contributed by atoms with Crippen molar-refractivity contribution < 1.29 is 23.5 Å². The summed E-state index contributed by atoms with van der Waals surface area (Å²) >= 11 is 0. The van der Waals surface area contributed by atoms with Crippen LogP contribution < -0.4 is 10.6 Å². The van der Waals surface area contributed by atoms with Crippen LogP contribution in [0.2, 0.25) is 0 Å². The second kappa shape index (κ2) is 10.2. The number of likely N-dealkylation sites (tertiary alicyclic amines) is 1. The van der Waals surface area contributed by atoms with Gasteiger partial charge >= 0.3 is 12.1 Å². The summed E-state index contributed by atoms with van der Waals surface area (Å²) in [7, 11) is 0. The van der Waals surface area contributed by atoms with E-state index in [0.29, 0.717) is 37.6 Å². The SMILES string of the molecule is CC(C)(O)[C@@H](F)CNC(=O)N1CCC(c2ccc(NC(=O)N3Cc4cc(F)cnc4C3)cc2)CC1. The highest BCUT2D eigenvalue weighted by atomic mass is 19.1. The molecule has 0 spiro atoms. The van der Waals surface area contributed by atoms with E-state index < -0.39 is 17.6 Å². The van der Waals surface area contributed by atoms with E-state index in [0.717, 1.165) is 30.2 Å². The first-order valence-electron chi connectivity index (χ1n) is 11.8. The number of alkyl halides is 1. The van der Waals surface area contributed by atoms with Crippen molar-refractivity contribution in [2.45, 2.75) is 57.5 Å². The smallest absolute Gasteiger partial charge is 0.322 e. The molecule has 0 unspecified atom stereocenters. The van der Waals surface area contributed by atoms with Crippen molar-refractivity contribution in [1.29, 1.82) is 0 Å². The number of carbonyl (C=O) groups excluding carboxylic acids is 2. The lowest BCUT2D eigenvalue weighted by atomic mass is 9.89. The maximum Gasteiger partial charge on any atom is 0.322 e. The van der Waals surface area contributed by atoms with Gasteiger partial charge < -0.3 is 25.5 Å². The molecule has 188 valence electrons. The van der Waals surface area contributed by atoms with Gasteiger partial charge in [0.05, 0.1) is 30.6 Å². The number of fused-ring (bicyclic) bond motifs is 1. The van der Waals surface area contributed by atoms with Crippen LogP contribution in [-0.4, -0.2) is 63.4 Å². The summed E-state index contributed by atoms with van der Waals surface area (Å²) in [5.41, 5.74) is 1.72. The van der Waals surface area contributed by atoms with Gasteiger partial charge in [0.15, 0.2) is 0 Å². The van der Waals surface area contributed by atoms with Gasteiger partial charge in [-0.25, -0.2) is 18.4 Å².